The fourth-order valence-electron chi connectivity index (χ4n) is 3.84. The van der Waals surface area contributed by atoms with Crippen molar-refractivity contribution in [1.29, 1.82) is 0 Å². The Labute approximate surface area is 178 Å². The summed E-state index contributed by atoms with van der Waals surface area (Å²) in [7, 11) is 0. The number of aryl methyl sites for hydroxylation is 2. The number of benzene rings is 2. The zero-order valence-corrected chi connectivity index (χ0v) is 17.6. The fourth-order valence-corrected chi connectivity index (χ4v) is 4.03. The van der Waals surface area contributed by atoms with Gasteiger partial charge in [-0.15, -0.1) is 0 Å². The molecule has 0 fully saturated rings. The van der Waals surface area contributed by atoms with Gasteiger partial charge in [-0.05, 0) is 51.1 Å². The van der Waals surface area contributed by atoms with E-state index in [1.807, 2.05) is 55.7 Å². The van der Waals surface area contributed by atoms with E-state index in [-0.39, 0.29) is 11.5 Å². The van der Waals surface area contributed by atoms with E-state index in [2.05, 4.69) is 10.4 Å². The van der Waals surface area contributed by atoms with Crippen molar-refractivity contribution in [2.45, 2.75) is 26.8 Å². The number of para-hydroxylation sites is 1. The van der Waals surface area contributed by atoms with Crippen molar-refractivity contribution in [3.8, 4) is 5.69 Å². The third-order valence-corrected chi connectivity index (χ3v) is 5.55. The molecule has 1 atom stereocenters. The molecule has 1 amide bonds. The maximum atomic E-state index is 13.2. The fraction of sp³-hybridized carbons (Fsp3) is 0.174. The minimum absolute atomic E-state index is 0.194. The number of carbonyl (C=O) groups is 1. The van der Waals surface area contributed by atoms with Gasteiger partial charge in [0.05, 0.1) is 17.3 Å². The first-order valence-electron chi connectivity index (χ1n) is 9.59. The van der Waals surface area contributed by atoms with E-state index in [9.17, 15) is 9.59 Å². The van der Waals surface area contributed by atoms with E-state index >= 15 is 0 Å². The number of halogens is 1. The first kappa shape index (κ1) is 19.9. The quantitative estimate of drug-likeness (QED) is 0.522. The number of anilines is 1. The van der Waals surface area contributed by atoms with E-state index in [4.69, 9.17) is 11.6 Å². The van der Waals surface area contributed by atoms with Crippen molar-refractivity contribution in [2.24, 2.45) is 0 Å². The summed E-state index contributed by atoms with van der Waals surface area (Å²) < 4.78 is 3.26. The van der Waals surface area contributed by atoms with Crippen molar-refractivity contribution in [3.63, 3.8) is 0 Å². The summed E-state index contributed by atoms with van der Waals surface area (Å²) in [6.45, 7) is 5.56. The number of carbonyl (C=O) groups excluding carboxylic acids is 1. The van der Waals surface area contributed by atoms with Crippen LogP contribution < -0.4 is 10.9 Å². The molecule has 0 saturated carbocycles. The first-order valence-corrected chi connectivity index (χ1v) is 9.97. The van der Waals surface area contributed by atoms with Crippen molar-refractivity contribution in [1.82, 2.24) is 14.3 Å². The Morgan fingerprint density at radius 1 is 1.07 bits per heavy atom. The maximum absolute atomic E-state index is 13.2. The van der Waals surface area contributed by atoms with Crippen LogP contribution in [0.3, 0.4) is 0 Å². The van der Waals surface area contributed by atoms with Crippen LogP contribution in [0.1, 0.15) is 24.4 Å². The number of nitrogens with zero attached hydrogens (tertiary/aromatic N) is 3. The van der Waals surface area contributed by atoms with E-state index in [1.54, 1.807) is 30.5 Å². The van der Waals surface area contributed by atoms with Crippen LogP contribution in [0.5, 0.6) is 0 Å². The average molecular weight is 421 g/mol. The summed E-state index contributed by atoms with van der Waals surface area (Å²) in [5.74, 6) is -0.194. The van der Waals surface area contributed by atoms with Crippen LogP contribution >= 0.6 is 11.6 Å². The number of aromatic nitrogens is 3. The van der Waals surface area contributed by atoms with Gasteiger partial charge in [0.25, 0.3) is 5.56 Å². The van der Waals surface area contributed by atoms with E-state index in [0.29, 0.717) is 21.8 Å². The Balaban J connectivity index is 1.77. The van der Waals surface area contributed by atoms with E-state index < -0.39 is 6.04 Å². The van der Waals surface area contributed by atoms with Crippen LogP contribution in [0.15, 0.2) is 65.6 Å². The Morgan fingerprint density at radius 3 is 2.50 bits per heavy atom. The minimum Gasteiger partial charge on any atom is -0.336 e. The molecular weight excluding hydrogens is 400 g/mol. The van der Waals surface area contributed by atoms with Gasteiger partial charge in [-0.3, -0.25) is 9.59 Å². The highest BCUT2D eigenvalue weighted by Gasteiger charge is 2.23. The maximum Gasteiger partial charge on any atom is 0.281 e. The second kappa shape index (κ2) is 7.80. The largest absolute Gasteiger partial charge is 0.336 e. The molecule has 4 aromatic rings. The first-order chi connectivity index (χ1) is 14.4. The molecule has 0 bridgehead atoms. The lowest BCUT2D eigenvalue weighted by atomic mass is 10.2. The Hall–Kier alpha value is -3.38. The highest BCUT2D eigenvalue weighted by atomic mass is 35.5. The highest BCUT2D eigenvalue weighted by Crippen LogP contribution is 2.27. The van der Waals surface area contributed by atoms with E-state index in [0.717, 1.165) is 16.8 Å². The molecule has 0 aliphatic heterocycles. The van der Waals surface area contributed by atoms with Gasteiger partial charge < -0.3 is 9.88 Å². The number of amides is 1. The van der Waals surface area contributed by atoms with Crippen LogP contribution in [0.4, 0.5) is 5.69 Å². The standard InChI is InChI=1S/C23H21ClN4O2/c1-14-20-13-25-28(19-10-5-4-6-11-19)23(30)21(20)15(2)27(14)16(3)22(29)26-18-9-7-8-17(24)12-18/h4-13,16H,1-3H3,(H,26,29)/t16-/m0/s1. The van der Waals surface area contributed by atoms with Crippen molar-refractivity contribution < 1.29 is 4.79 Å². The average Bonchev–Trinajstić information content (AvgIpc) is 2.99. The molecule has 0 aliphatic rings. The Morgan fingerprint density at radius 2 is 1.80 bits per heavy atom. The molecule has 0 saturated heterocycles. The summed E-state index contributed by atoms with van der Waals surface area (Å²) in [4.78, 5) is 26.1. The van der Waals surface area contributed by atoms with Gasteiger partial charge in [-0.1, -0.05) is 35.9 Å². The molecule has 7 heteroatoms. The summed E-state index contributed by atoms with van der Waals surface area (Å²) in [6.07, 6.45) is 1.68. The van der Waals surface area contributed by atoms with Gasteiger partial charge >= 0.3 is 0 Å². The molecule has 0 radical (unpaired) electrons. The number of nitrogens with one attached hydrogen (secondary N) is 1. The zero-order chi connectivity index (χ0) is 21.4. The minimum atomic E-state index is -0.527. The van der Waals surface area contributed by atoms with Crippen molar-refractivity contribution in [2.75, 3.05) is 5.32 Å². The van der Waals surface area contributed by atoms with Crippen LogP contribution in [-0.4, -0.2) is 20.3 Å². The molecule has 1 N–H and O–H groups in total. The van der Waals surface area contributed by atoms with Gasteiger partial charge in [0.15, 0.2) is 0 Å². The molecule has 2 aromatic heterocycles. The number of rotatable bonds is 4. The highest BCUT2D eigenvalue weighted by molar-refractivity contribution is 6.30. The summed E-state index contributed by atoms with van der Waals surface area (Å²) >= 11 is 6.01. The van der Waals surface area contributed by atoms with Gasteiger partial charge in [-0.25, -0.2) is 0 Å². The van der Waals surface area contributed by atoms with Crippen LogP contribution in [0.25, 0.3) is 16.5 Å². The summed E-state index contributed by atoms with van der Waals surface area (Å²) in [5.41, 5.74) is 2.66. The van der Waals surface area contributed by atoms with Gasteiger partial charge in [0.2, 0.25) is 5.91 Å². The second-order valence-electron chi connectivity index (χ2n) is 7.20. The number of hydrogen-bond acceptors (Lipinski definition) is 3. The van der Waals surface area contributed by atoms with Crippen molar-refractivity contribution >= 4 is 34.0 Å². The molecule has 0 unspecified atom stereocenters. The topological polar surface area (TPSA) is 68.9 Å². The normalized spacial score (nSPS) is 12.1. The van der Waals surface area contributed by atoms with Crippen LogP contribution in [0.2, 0.25) is 5.02 Å². The molecule has 0 spiro atoms. The van der Waals surface area contributed by atoms with Gasteiger partial charge in [0.1, 0.15) is 6.04 Å². The predicted molar refractivity (Wildman–Crippen MR) is 120 cm³/mol. The SMILES string of the molecule is Cc1c2cnn(-c3ccccc3)c(=O)c2c(C)n1[C@@H](C)C(=O)Nc1cccc(Cl)c1. The monoisotopic (exact) mass is 420 g/mol. The lowest BCUT2D eigenvalue weighted by molar-refractivity contribution is -0.118. The molecule has 0 aliphatic carbocycles. The molecular formula is C23H21ClN4O2. The molecule has 152 valence electrons. The lowest BCUT2D eigenvalue weighted by Gasteiger charge is -2.18. The smallest absolute Gasteiger partial charge is 0.281 e. The lowest BCUT2D eigenvalue weighted by Crippen LogP contribution is -2.25. The molecule has 2 aromatic carbocycles. The number of hydrogen-bond donors (Lipinski definition) is 1. The van der Waals surface area contributed by atoms with Crippen LogP contribution in [0, 0.1) is 13.8 Å². The third kappa shape index (κ3) is 3.39. The molecule has 30 heavy (non-hydrogen) atoms. The second-order valence-corrected chi connectivity index (χ2v) is 7.64. The Kier molecular flexibility index (Phi) is 5.18. The van der Waals surface area contributed by atoms with Gasteiger partial charge in [0, 0.05) is 27.5 Å². The molecule has 6 nitrogen and oxygen atoms in total. The van der Waals surface area contributed by atoms with Gasteiger partial charge in [-0.2, -0.15) is 9.78 Å². The molecule has 4 rings (SSSR count). The van der Waals surface area contributed by atoms with E-state index in [1.165, 1.54) is 4.68 Å². The predicted octanol–water partition coefficient (Wildman–Crippen LogP) is 4.66. The summed E-state index contributed by atoms with van der Waals surface area (Å²) in [5, 5.41) is 9.09. The summed E-state index contributed by atoms with van der Waals surface area (Å²) in [6, 6.07) is 15.8. The number of fused-ring (bicyclic) bond motifs is 1. The molecule has 2 heterocycles. The van der Waals surface area contributed by atoms with Crippen molar-refractivity contribution in [3.05, 3.63) is 87.6 Å². The van der Waals surface area contributed by atoms with Crippen LogP contribution in [-0.2, 0) is 4.79 Å². The third-order valence-electron chi connectivity index (χ3n) is 5.31. The Bertz CT molecular complexity index is 1310. The zero-order valence-electron chi connectivity index (χ0n) is 16.9.